The lowest BCUT2D eigenvalue weighted by Crippen LogP contribution is -2.44. The molecule has 1 aliphatic rings. The van der Waals surface area contributed by atoms with Gasteiger partial charge < -0.3 is 19.6 Å². The van der Waals surface area contributed by atoms with E-state index >= 15 is 0 Å². The minimum absolute atomic E-state index is 0.261. The molecule has 9 heteroatoms. The summed E-state index contributed by atoms with van der Waals surface area (Å²) in [5, 5.41) is 3.70. The highest BCUT2D eigenvalue weighted by atomic mass is 79.9. The van der Waals surface area contributed by atoms with Crippen LogP contribution < -0.4 is 15.8 Å². The highest BCUT2D eigenvalue weighted by Crippen LogP contribution is 2.28. The van der Waals surface area contributed by atoms with Crippen LogP contribution in [0.2, 0.25) is 0 Å². The number of nitrogens with zero attached hydrogens (tertiary/aromatic N) is 5. The van der Waals surface area contributed by atoms with Crippen molar-refractivity contribution in [3.8, 4) is 5.69 Å². The molecular weight excluding hydrogens is 496 g/mol. The van der Waals surface area contributed by atoms with E-state index in [1.54, 1.807) is 24.7 Å². The molecule has 0 saturated carbocycles. The Bertz CT molecular complexity index is 1320. The van der Waals surface area contributed by atoms with E-state index in [0.717, 1.165) is 47.6 Å². The molecule has 0 aliphatic carbocycles. The Morgan fingerprint density at radius 3 is 2.35 bits per heavy atom. The first kappa shape index (κ1) is 24.0. The van der Waals surface area contributed by atoms with Gasteiger partial charge in [0.1, 0.15) is 5.39 Å². The third-order valence-corrected chi connectivity index (χ3v) is 6.67. The fourth-order valence-electron chi connectivity index (χ4n) is 3.86. The number of rotatable bonds is 4. The van der Waals surface area contributed by atoms with Crippen LogP contribution in [-0.2, 0) is 0 Å². The predicted octanol–water partition coefficient (Wildman–Crippen LogP) is 4.97. The van der Waals surface area contributed by atoms with E-state index < -0.39 is 0 Å². The molecule has 34 heavy (non-hydrogen) atoms. The molecule has 0 radical (unpaired) electrons. The lowest BCUT2D eigenvalue weighted by atomic mass is 10.2. The number of benzene rings is 1. The molecule has 0 atom stereocenters. The molecule has 4 aromatic rings. The second-order valence-corrected chi connectivity index (χ2v) is 8.81. The lowest BCUT2D eigenvalue weighted by molar-refractivity contribution is 0.313. The summed E-state index contributed by atoms with van der Waals surface area (Å²) < 4.78 is 8.01. The van der Waals surface area contributed by atoms with Crippen molar-refractivity contribution in [2.45, 2.75) is 20.8 Å². The van der Waals surface area contributed by atoms with E-state index in [0.29, 0.717) is 16.8 Å². The molecule has 1 saturated heterocycles. The van der Waals surface area contributed by atoms with Gasteiger partial charge in [0.25, 0.3) is 11.3 Å². The molecule has 3 aromatic heterocycles. The van der Waals surface area contributed by atoms with Crippen LogP contribution >= 0.6 is 15.9 Å². The van der Waals surface area contributed by atoms with E-state index in [9.17, 15) is 4.79 Å². The maximum absolute atomic E-state index is 13.3. The van der Waals surface area contributed by atoms with Gasteiger partial charge in [-0.15, -0.1) is 4.74 Å². The second-order valence-electron chi connectivity index (χ2n) is 7.96. The van der Waals surface area contributed by atoms with Crippen LogP contribution in [0.3, 0.4) is 0 Å². The van der Waals surface area contributed by atoms with Gasteiger partial charge in [0.05, 0.1) is 23.3 Å². The van der Waals surface area contributed by atoms with Crippen LogP contribution in [0.15, 0.2) is 62.7 Å². The third kappa shape index (κ3) is 4.71. The van der Waals surface area contributed by atoms with Gasteiger partial charge in [-0.2, -0.15) is 0 Å². The number of halogens is 1. The second kappa shape index (κ2) is 10.4. The van der Waals surface area contributed by atoms with Crippen LogP contribution in [0.1, 0.15) is 19.4 Å². The average Bonchev–Trinajstić information content (AvgIpc) is 3.21. The van der Waals surface area contributed by atoms with Crippen molar-refractivity contribution >= 4 is 44.1 Å². The molecule has 1 aromatic carbocycles. The fraction of sp³-hybridized carbons (Fsp3) is 0.320. The summed E-state index contributed by atoms with van der Waals surface area (Å²) in [5.41, 5.74) is 4.25. The molecule has 1 N–H and O–H groups in total. The highest BCUT2D eigenvalue weighted by molar-refractivity contribution is 9.10. The van der Waals surface area contributed by atoms with Gasteiger partial charge in [-0.3, -0.25) is 9.78 Å². The number of hydrogen-bond donors (Lipinski definition) is 1. The van der Waals surface area contributed by atoms with Gasteiger partial charge >= 0.3 is 0 Å². The number of fused-ring (bicyclic) bond motifs is 1. The number of likely N-dealkylation sites (N-methyl/N-ethyl adjacent to an activating group) is 1. The van der Waals surface area contributed by atoms with Gasteiger partial charge in [-0.25, -0.2) is 4.98 Å². The Balaban J connectivity index is 0.00000133. The zero-order valence-electron chi connectivity index (χ0n) is 19.9. The Kier molecular flexibility index (Phi) is 7.33. The third-order valence-electron chi connectivity index (χ3n) is 5.87. The zero-order valence-corrected chi connectivity index (χ0v) is 21.5. The fourth-order valence-corrected chi connectivity index (χ4v) is 4.19. The maximum Gasteiger partial charge on any atom is 0.299 e. The quantitative estimate of drug-likeness (QED) is 0.403. The number of anilines is 3. The van der Waals surface area contributed by atoms with Crippen molar-refractivity contribution < 1.29 is 4.52 Å². The molecule has 8 nitrogen and oxygen atoms in total. The van der Waals surface area contributed by atoms with Crippen LogP contribution in [0.4, 0.5) is 17.1 Å². The number of aromatic nitrogens is 3. The number of nitrogens with one attached hydrogen (secondary N) is 1. The van der Waals surface area contributed by atoms with Crippen LogP contribution in [-0.4, -0.2) is 52.8 Å². The summed E-state index contributed by atoms with van der Waals surface area (Å²) in [6, 6.07) is 9.65. The Hall–Kier alpha value is -3.17. The zero-order chi connectivity index (χ0) is 24.2. The van der Waals surface area contributed by atoms with Gasteiger partial charge in [-0.05, 0) is 65.8 Å². The maximum atomic E-state index is 13.3. The number of piperazine rings is 1. The molecule has 0 unspecified atom stereocenters. The first-order valence-electron chi connectivity index (χ1n) is 11.4. The van der Waals surface area contributed by atoms with Crippen molar-refractivity contribution in [1.82, 2.24) is 19.6 Å². The van der Waals surface area contributed by atoms with Crippen LogP contribution in [0.5, 0.6) is 0 Å². The summed E-state index contributed by atoms with van der Waals surface area (Å²) in [7, 11) is 2.14. The Morgan fingerprint density at radius 2 is 1.65 bits per heavy atom. The standard InChI is InChI=1S/C23H23BrN6O2.C2H6/c1-15-18(24)13-25-14-20(15)27-19-7-8-26-22-21(19)23(31)30(32-22)17-5-3-16(4-6-17)29-11-9-28(2)10-12-29;1-2/h3-8,13-14H,9-12H2,1-2H3,(H,26,27);1-2H3. The van der Waals surface area contributed by atoms with Gasteiger partial charge in [0.2, 0.25) is 0 Å². The molecule has 178 valence electrons. The summed E-state index contributed by atoms with van der Waals surface area (Å²) in [6.07, 6.45) is 5.08. The predicted molar refractivity (Wildman–Crippen MR) is 141 cm³/mol. The minimum atomic E-state index is -0.261. The molecular formula is C25H29BrN6O2. The van der Waals surface area contributed by atoms with Crippen molar-refractivity contribution in [2.24, 2.45) is 0 Å². The molecule has 4 heterocycles. The normalized spacial score (nSPS) is 14.1. The molecule has 0 bridgehead atoms. The molecule has 1 fully saturated rings. The minimum Gasteiger partial charge on any atom is -0.369 e. The van der Waals surface area contributed by atoms with Crippen LogP contribution in [0, 0.1) is 6.92 Å². The summed E-state index contributed by atoms with van der Waals surface area (Å²) >= 11 is 3.49. The van der Waals surface area contributed by atoms with E-state index in [4.69, 9.17) is 4.52 Å². The van der Waals surface area contributed by atoms with Crippen molar-refractivity contribution in [3.05, 3.63) is 69.3 Å². The lowest BCUT2D eigenvalue weighted by Gasteiger charge is -2.34. The van der Waals surface area contributed by atoms with Crippen molar-refractivity contribution in [3.63, 3.8) is 0 Å². The highest BCUT2D eigenvalue weighted by Gasteiger charge is 2.18. The Labute approximate surface area is 207 Å². The van der Waals surface area contributed by atoms with Crippen molar-refractivity contribution in [2.75, 3.05) is 43.4 Å². The van der Waals surface area contributed by atoms with E-state index in [-0.39, 0.29) is 11.3 Å². The molecule has 0 spiro atoms. The SMILES string of the molecule is CC.Cc1c(Br)cncc1Nc1ccnc2on(-c3ccc(N4CCN(C)CC4)cc3)c(=O)c12. The molecule has 1 aliphatic heterocycles. The number of pyridine rings is 2. The van der Waals surface area contributed by atoms with E-state index in [1.165, 1.54) is 4.74 Å². The van der Waals surface area contributed by atoms with Gasteiger partial charge in [0, 0.05) is 48.7 Å². The molecule has 5 rings (SSSR count). The van der Waals surface area contributed by atoms with Crippen molar-refractivity contribution in [1.29, 1.82) is 0 Å². The van der Waals surface area contributed by atoms with Gasteiger partial charge in [0.15, 0.2) is 0 Å². The summed E-state index contributed by atoms with van der Waals surface area (Å²) in [6.45, 7) is 10.0. The molecule has 0 amide bonds. The van der Waals surface area contributed by atoms with E-state index in [1.807, 2.05) is 45.0 Å². The Morgan fingerprint density at radius 1 is 0.971 bits per heavy atom. The van der Waals surface area contributed by atoms with Crippen LogP contribution in [0.25, 0.3) is 16.8 Å². The van der Waals surface area contributed by atoms with Gasteiger partial charge in [-0.1, -0.05) is 13.8 Å². The monoisotopic (exact) mass is 524 g/mol. The summed E-state index contributed by atoms with van der Waals surface area (Å²) in [5.74, 6) is 0. The average molecular weight is 525 g/mol. The smallest absolute Gasteiger partial charge is 0.299 e. The first-order chi connectivity index (χ1) is 16.5. The van der Waals surface area contributed by atoms with E-state index in [2.05, 4.69) is 48.1 Å². The number of hydrogen-bond acceptors (Lipinski definition) is 7. The first-order valence-corrected chi connectivity index (χ1v) is 12.2. The summed E-state index contributed by atoms with van der Waals surface area (Å²) in [4.78, 5) is 26.4. The topological polar surface area (TPSA) is 79.4 Å². The largest absolute Gasteiger partial charge is 0.369 e.